The van der Waals surface area contributed by atoms with E-state index in [-0.39, 0.29) is 29.2 Å². The number of allylic oxidation sites excluding steroid dienone is 1. The average molecular weight is 527 g/mol. The largest absolute Gasteiger partial charge is 0.467 e. The summed E-state index contributed by atoms with van der Waals surface area (Å²) in [4.78, 5) is 34.8. The molecule has 10 heteroatoms. The lowest BCUT2D eigenvalue weighted by Crippen LogP contribution is -2.55. The lowest BCUT2D eigenvalue weighted by atomic mass is 9.90. The zero-order valence-corrected chi connectivity index (χ0v) is 23.6. The molecule has 2 amide bonds. The third-order valence-electron chi connectivity index (χ3n) is 4.63. The Morgan fingerprint density at radius 1 is 1.35 bits per heavy atom. The van der Waals surface area contributed by atoms with Gasteiger partial charge in [0.25, 0.3) is 0 Å². The second-order valence-electron chi connectivity index (χ2n) is 7.05. The number of hydrogen-bond donors (Lipinski definition) is 4. The van der Waals surface area contributed by atoms with Crippen LogP contribution in [-0.4, -0.2) is 76.8 Å². The number of methoxy groups -OCH3 is 1. The minimum atomic E-state index is -1.20. The van der Waals surface area contributed by atoms with Gasteiger partial charge in [-0.15, -0.1) is 18.2 Å². The molecule has 4 unspecified atom stereocenters. The van der Waals surface area contributed by atoms with E-state index in [4.69, 9.17) is 11.6 Å². The van der Waals surface area contributed by atoms with Crippen LogP contribution < -0.4 is 10.6 Å². The first-order chi connectivity index (χ1) is 16.2. The minimum Gasteiger partial charge on any atom is -0.467 e. The van der Waals surface area contributed by atoms with Gasteiger partial charge in [0.15, 0.2) is 0 Å². The van der Waals surface area contributed by atoms with E-state index in [9.17, 15) is 24.6 Å². The fourth-order valence-corrected chi connectivity index (χ4v) is 4.42. The highest BCUT2D eigenvalue weighted by Crippen LogP contribution is 2.31. The van der Waals surface area contributed by atoms with Gasteiger partial charge in [-0.05, 0) is 12.8 Å². The predicted molar refractivity (Wildman–Crippen MR) is 142 cm³/mol. The van der Waals surface area contributed by atoms with E-state index in [2.05, 4.69) is 28.9 Å². The van der Waals surface area contributed by atoms with E-state index in [1.165, 1.54) is 45.1 Å². The highest BCUT2D eigenvalue weighted by atomic mass is 35.5. The lowest BCUT2D eigenvalue weighted by molar-refractivity contribution is -0.144. The zero-order chi connectivity index (χ0) is 27.2. The smallest absolute Gasteiger partial charge is 0.329 e. The minimum absolute atomic E-state index is 0.169. The number of thioether (sulfide) groups is 1. The molecular formula is C24H47ClN2O6S. The third-order valence-corrected chi connectivity index (χ3v) is 6.13. The number of ether oxygens (including phenoxy) is 1. The summed E-state index contributed by atoms with van der Waals surface area (Å²) < 4.78 is 4.62. The van der Waals surface area contributed by atoms with Crippen molar-refractivity contribution in [3.8, 4) is 0 Å². The number of halogens is 1. The van der Waals surface area contributed by atoms with E-state index >= 15 is 0 Å². The summed E-state index contributed by atoms with van der Waals surface area (Å²) >= 11 is 6.85. The molecule has 0 aromatic heterocycles. The van der Waals surface area contributed by atoms with E-state index in [0.717, 1.165) is 0 Å². The van der Waals surface area contributed by atoms with Crippen LogP contribution in [0.25, 0.3) is 0 Å². The van der Waals surface area contributed by atoms with Gasteiger partial charge in [-0.25, -0.2) is 4.79 Å². The van der Waals surface area contributed by atoms with E-state index < -0.39 is 36.2 Å². The molecule has 0 bridgehead atoms. The number of hydrogen-bond acceptors (Lipinski definition) is 7. The topological polar surface area (TPSA) is 125 Å². The van der Waals surface area contributed by atoms with Crippen molar-refractivity contribution < 1.29 is 29.3 Å². The Balaban J connectivity index is -0.000000819. The highest BCUT2D eigenvalue weighted by Gasteiger charge is 2.51. The van der Waals surface area contributed by atoms with Crippen LogP contribution >= 0.6 is 23.4 Å². The summed E-state index contributed by atoms with van der Waals surface area (Å²) in [5.74, 6) is -1.44. The Hall–Kier alpha value is -1.29. The maximum Gasteiger partial charge on any atom is 0.329 e. The second-order valence-corrected chi connectivity index (χ2v) is 8.46. The number of carbonyl (C=O) groups is 3. The molecule has 0 aromatic carbocycles. The lowest BCUT2D eigenvalue weighted by Gasteiger charge is -2.31. The van der Waals surface area contributed by atoms with Crippen molar-refractivity contribution in [3.05, 3.63) is 12.7 Å². The number of rotatable bonds is 12. The number of amides is 2. The number of aliphatic hydroxyl groups excluding tert-OH is 2. The molecule has 0 spiro atoms. The number of unbranched alkanes of at least 4 members (excludes halogenated alkanes) is 2. The molecule has 1 heterocycles. The van der Waals surface area contributed by atoms with Crippen molar-refractivity contribution in [2.75, 3.05) is 31.1 Å². The molecule has 4 N–H and O–H groups in total. The van der Waals surface area contributed by atoms with Gasteiger partial charge in [0.2, 0.25) is 11.8 Å². The second kappa shape index (κ2) is 23.5. The fraction of sp³-hybridized carbons (Fsp3) is 0.792. The molecule has 1 saturated heterocycles. The van der Waals surface area contributed by atoms with Gasteiger partial charge in [-0.1, -0.05) is 53.5 Å². The molecule has 0 aliphatic carbocycles. The molecule has 8 nitrogen and oxygen atoms in total. The number of alkyl halides is 1. The van der Waals surface area contributed by atoms with Crippen molar-refractivity contribution >= 4 is 41.1 Å². The van der Waals surface area contributed by atoms with Crippen LogP contribution in [0.5, 0.6) is 0 Å². The number of esters is 1. The summed E-state index contributed by atoms with van der Waals surface area (Å²) in [6.45, 7) is 14.6. The van der Waals surface area contributed by atoms with Crippen LogP contribution in [0.1, 0.15) is 67.2 Å². The maximum atomic E-state index is 12.0. The first kappa shape index (κ1) is 37.3. The Bertz CT molecular complexity index is 568. The van der Waals surface area contributed by atoms with Crippen LogP contribution in [0.15, 0.2) is 12.7 Å². The number of nitrogens with one attached hydrogen (secondary N) is 2. The maximum absolute atomic E-state index is 12.0. The highest BCUT2D eigenvalue weighted by molar-refractivity contribution is 7.99. The fourth-order valence-electron chi connectivity index (χ4n) is 2.91. The zero-order valence-electron chi connectivity index (χ0n) is 22.0. The first-order valence-electron chi connectivity index (χ1n) is 11.9. The quantitative estimate of drug-likeness (QED) is 0.133. The van der Waals surface area contributed by atoms with Crippen molar-refractivity contribution in [3.63, 3.8) is 0 Å². The van der Waals surface area contributed by atoms with Gasteiger partial charge in [0, 0.05) is 24.3 Å². The van der Waals surface area contributed by atoms with E-state index in [0.29, 0.717) is 6.42 Å². The average Bonchev–Trinajstić information content (AvgIpc) is 3.09. The number of aliphatic hydroxyl groups is 2. The summed E-state index contributed by atoms with van der Waals surface area (Å²) in [7, 11) is 1.22. The van der Waals surface area contributed by atoms with Gasteiger partial charge < -0.3 is 25.6 Å². The predicted octanol–water partition coefficient (Wildman–Crippen LogP) is 3.28. The molecule has 4 atom stereocenters. The molecule has 0 radical (unpaired) electrons. The van der Waals surface area contributed by atoms with Crippen molar-refractivity contribution in [2.45, 2.75) is 84.9 Å². The van der Waals surface area contributed by atoms with Crippen LogP contribution in [0.3, 0.4) is 0 Å². The van der Waals surface area contributed by atoms with E-state index in [1.54, 1.807) is 0 Å². The van der Waals surface area contributed by atoms with Crippen molar-refractivity contribution in [2.24, 2.45) is 5.92 Å². The molecule has 1 fully saturated rings. The van der Waals surface area contributed by atoms with E-state index in [1.807, 2.05) is 33.8 Å². The Kier molecular flexibility index (Phi) is 25.7. The molecule has 202 valence electrons. The molecule has 1 aliphatic heterocycles. The normalized spacial score (nSPS) is 21.2. The van der Waals surface area contributed by atoms with Crippen LogP contribution in [0.4, 0.5) is 0 Å². The molecule has 1 aliphatic rings. The third kappa shape index (κ3) is 14.2. The van der Waals surface area contributed by atoms with Gasteiger partial charge in [0.1, 0.15) is 6.04 Å². The Labute approximate surface area is 215 Å². The summed E-state index contributed by atoms with van der Waals surface area (Å²) in [5, 5.41) is 25.2. The monoisotopic (exact) mass is 526 g/mol. The molecule has 0 saturated carbocycles. The SMILES string of the molecule is C=CCCCC.CC.CC.COC(=O)C(CSCC1(CO)NC(=O)C(CCCl)C1O)NC(C)=O. The molecule has 1 rings (SSSR count). The van der Waals surface area contributed by atoms with Crippen LogP contribution in [0.2, 0.25) is 0 Å². The van der Waals surface area contributed by atoms with Crippen molar-refractivity contribution in [1.82, 2.24) is 10.6 Å². The summed E-state index contributed by atoms with van der Waals surface area (Å²) in [6.07, 6.45) is 4.94. The summed E-state index contributed by atoms with van der Waals surface area (Å²) in [5.41, 5.74) is -1.20. The molecular weight excluding hydrogens is 480 g/mol. The standard InChI is InChI=1S/C14H23ClN2O6S.C6H12.2C2H6/c1-8(19)16-10(13(22)23-2)5-24-7-14(6-18)11(20)9(3-4-15)12(21)17-14;1-3-5-6-4-2;2*1-2/h9-11,18,20H,3-7H2,1-2H3,(H,16,19)(H,17,21);3H,1,4-6H2,2H3;2*1-2H3. The van der Waals surface area contributed by atoms with Crippen LogP contribution in [-0.2, 0) is 19.1 Å². The van der Waals surface area contributed by atoms with Gasteiger partial charge in [-0.2, -0.15) is 11.8 Å². The molecule has 0 aromatic rings. The van der Waals surface area contributed by atoms with Gasteiger partial charge in [0.05, 0.1) is 31.3 Å². The Morgan fingerprint density at radius 2 is 1.94 bits per heavy atom. The Morgan fingerprint density at radius 3 is 2.32 bits per heavy atom. The van der Waals surface area contributed by atoms with Gasteiger partial charge >= 0.3 is 5.97 Å². The van der Waals surface area contributed by atoms with Crippen molar-refractivity contribution in [1.29, 1.82) is 0 Å². The summed E-state index contributed by atoms with van der Waals surface area (Å²) in [6, 6.07) is -0.846. The van der Waals surface area contributed by atoms with Gasteiger partial charge in [-0.3, -0.25) is 9.59 Å². The first-order valence-corrected chi connectivity index (χ1v) is 13.6. The number of carbonyl (C=O) groups excluding carboxylic acids is 3. The molecule has 34 heavy (non-hydrogen) atoms. The van der Waals surface area contributed by atoms with Crippen LogP contribution in [0, 0.1) is 5.92 Å².